The van der Waals surface area contributed by atoms with Crippen molar-refractivity contribution in [2.45, 2.75) is 0 Å². The van der Waals surface area contributed by atoms with Crippen LogP contribution in [-0.4, -0.2) is 22.0 Å². The molecule has 0 fully saturated rings. The molecule has 0 aliphatic rings. The third-order valence-electron chi connectivity index (χ3n) is 1.35. The first-order valence-corrected chi connectivity index (χ1v) is 4.71. The molecule has 2 N–H and O–H groups in total. The molecule has 1 aromatic rings. The minimum Gasteiger partial charge on any atom is -0.478 e. The van der Waals surface area contributed by atoms with Gasteiger partial charge in [-0.15, -0.1) is 0 Å². The second-order valence-electron chi connectivity index (χ2n) is 2.52. The predicted molar refractivity (Wildman–Crippen MR) is 57.3 cm³/mol. The largest absolute Gasteiger partial charge is 0.478 e. The number of amides is 1. The molecule has 6 heteroatoms. The highest BCUT2D eigenvalue weighted by Gasteiger charge is 1.99. The molecule has 0 aliphatic carbocycles. The molecule has 1 heterocycles. The zero-order valence-corrected chi connectivity index (χ0v) is 9.06. The molecular formula is C9H7BrN2O3. The Balaban J connectivity index is 2.63. The first kappa shape index (κ1) is 11.4. The van der Waals surface area contributed by atoms with Gasteiger partial charge in [-0.2, -0.15) is 0 Å². The molecule has 15 heavy (non-hydrogen) atoms. The fraction of sp³-hybridized carbons (Fsp3) is 0. The predicted octanol–water partition coefficient (Wildman–Crippen LogP) is 1.42. The summed E-state index contributed by atoms with van der Waals surface area (Å²) in [6, 6.07) is 3.31. The average Bonchev–Trinajstić information content (AvgIpc) is 2.15. The number of carboxylic acids is 1. The van der Waals surface area contributed by atoms with Crippen molar-refractivity contribution in [3.8, 4) is 0 Å². The van der Waals surface area contributed by atoms with Gasteiger partial charge in [0.1, 0.15) is 5.82 Å². The first-order valence-electron chi connectivity index (χ1n) is 3.91. The van der Waals surface area contributed by atoms with Gasteiger partial charge in [0, 0.05) is 22.8 Å². The number of aliphatic carboxylic acids is 1. The lowest BCUT2D eigenvalue weighted by Gasteiger charge is -2.00. The third kappa shape index (κ3) is 4.37. The van der Waals surface area contributed by atoms with Crippen molar-refractivity contribution in [2.75, 3.05) is 5.32 Å². The van der Waals surface area contributed by atoms with Gasteiger partial charge >= 0.3 is 5.97 Å². The summed E-state index contributed by atoms with van der Waals surface area (Å²) in [5, 5.41) is 10.7. The number of hydrogen-bond acceptors (Lipinski definition) is 3. The molecule has 0 saturated carbocycles. The van der Waals surface area contributed by atoms with Crippen LogP contribution >= 0.6 is 15.9 Å². The minimum atomic E-state index is -1.17. The van der Waals surface area contributed by atoms with Crippen LogP contribution in [0.25, 0.3) is 0 Å². The molecule has 0 aliphatic heterocycles. The van der Waals surface area contributed by atoms with Gasteiger partial charge in [0.05, 0.1) is 0 Å². The van der Waals surface area contributed by atoms with E-state index in [-0.39, 0.29) is 0 Å². The lowest BCUT2D eigenvalue weighted by atomic mass is 10.4. The Bertz CT molecular complexity index is 418. The van der Waals surface area contributed by atoms with Crippen LogP contribution in [0.1, 0.15) is 0 Å². The van der Waals surface area contributed by atoms with Crippen molar-refractivity contribution in [1.82, 2.24) is 4.98 Å². The highest BCUT2D eigenvalue weighted by molar-refractivity contribution is 9.10. The fourth-order valence-corrected chi connectivity index (χ4v) is 1.12. The zero-order chi connectivity index (χ0) is 11.3. The van der Waals surface area contributed by atoms with Crippen LogP contribution in [0.2, 0.25) is 0 Å². The van der Waals surface area contributed by atoms with Gasteiger partial charge < -0.3 is 10.4 Å². The highest BCUT2D eigenvalue weighted by Crippen LogP contribution is 2.12. The summed E-state index contributed by atoms with van der Waals surface area (Å²) < 4.78 is 0.773. The lowest BCUT2D eigenvalue weighted by Crippen LogP contribution is -2.09. The molecule has 0 atom stereocenters. The Labute approximate surface area is 94.0 Å². The Kier molecular flexibility index (Phi) is 3.99. The van der Waals surface area contributed by atoms with Gasteiger partial charge in [0.15, 0.2) is 0 Å². The Morgan fingerprint density at radius 3 is 2.80 bits per heavy atom. The minimum absolute atomic E-state index is 0.351. The van der Waals surface area contributed by atoms with E-state index in [0.717, 1.165) is 16.6 Å². The van der Waals surface area contributed by atoms with Gasteiger partial charge in [0.25, 0.3) is 0 Å². The van der Waals surface area contributed by atoms with Crippen LogP contribution in [-0.2, 0) is 9.59 Å². The number of carboxylic acid groups (broad SMARTS) is 1. The number of anilines is 1. The molecule has 0 spiro atoms. The summed E-state index contributed by atoms with van der Waals surface area (Å²) in [4.78, 5) is 25.1. The second-order valence-corrected chi connectivity index (χ2v) is 3.44. The highest BCUT2D eigenvalue weighted by atomic mass is 79.9. The molecule has 0 bridgehead atoms. The summed E-state index contributed by atoms with van der Waals surface area (Å²) in [7, 11) is 0. The smallest absolute Gasteiger partial charge is 0.328 e. The summed E-state index contributed by atoms with van der Waals surface area (Å²) in [6.07, 6.45) is 3.19. The van der Waals surface area contributed by atoms with Crippen LogP contribution in [0.4, 0.5) is 5.82 Å². The van der Waals surface area contributed by atoms with E-state index in [9.17, 15) is 9.59 Å². The van der Waals surface area contributed by atoms with Crippen LogP contribution in [0.3, 0.4) is 0 Å². The molecule has 78 valence electrons. The number of aromatic nitrogens is 1. The number of carbonyl (C=O) groups excluding carboxylic acids is 1. The molecule has 0 radical (unpaired) electrons. The molecule has 0 unspecified atom stereocenters. The van der Waals surface area contributed by atoms with Crippen molar-refractivity contribution >= 4 is 33.6 Å². The van der Waals surface area contributed by atoms with Crippen molar-refractivity contribution in [3.63, 3.8) is 0 Å². The van der Waals surface area contributed by atoms with Crippen LogP contribution < -0.4 is 5.32 Å². The van der Waals surface area contributed by atoms with Crippen molar-refractivity contribution in [3.05, 3.63) is 35.0 Å². The van der Waals surface area contributed by atoms with Gasteiger partial charge in [-0.1, -0.05) is 15.9 Å². The Hall–Kier alpha value is -1.69. The standard InChI is InChI=1S/C9H7BrN2O3/c10-6-3-4-11-7(5-6)12-8(13)1-2-9(14)15/h1-5H,(H,14,15)(H,11,12,13)/b2-1-. The Morgan fingerprint density at radius 2 is 2.20 bits per heavy atom. The molecule has 0 aromatic carbocycles. The number of nitrogens with one attached hydrogen (secondary N) is 1. The van der Waals surface area contributed by atoms with E-state index in [1.807, 2.05) is 0 Å². The van der Waals surface area contributed by atoms with E-state index < -0.39 is 11.9 Å². The SMILES string of the molecule is O=C(O)/C=C\C(=O)Nc1cc(Br)ccn1. The van der Waals surface area contributed by atoms with E-state index in [2.05, 4.69) is 26.2 Å². The maximum atomic E-state index is 11.1. The fourth-order valence-electron chi connectivity index (χ4n) is 0.788. The monoisotopic (exact) mass is 270 g/mol. The third-order valence-corrected chi connectivity index (χ3v) is 1.84. The van der Waals surface area contributed by atoms with E-state index >= 15 is 0 Å². The maximum absolute atomic E-state index is 11.1. The number of halogens is 1. The molecule has 5 nitrogen and oxygen atoms in total. The number of pyridine rings is 1. The second kappa shape index (κ2) is 5.26. The number of carbonyl (C=O) groups is 2. The quantitative estimate of drug-likeness (QED) is 0.815. The van der Waals surface area contributed by atoms with Gasteiger partial charge in [-0.3, -0.25) is 4.79 Å². The average molecular weight is 271 g/mol. The topological polar surface area (TPSA) is 79.3 Å². The van der Waals surface area contributed by atoms with Crippen molar-refractivity contribution < 1.29 is 14.7 Å². The van der Waals surface area contributed by atoms with Gasteiger partial charge in [0.2, 0.25) is 5.91 Å². The number of rotatable bonds is 3. The summed E-state index contributed by atoms with van der Waals surface area (Å²) in [5.74, 6) is -1.36. The van der Waals surface area contributed by atoms with E-state index in [4.69, 9.17) is 5.11 Å². The lowest BCUT2D eigenvalue weighted by molar-refractivity contribution is -0.131. The van der Waals surface area contributed by atoms with Gasteiger partial charge in [-0.05, 0) is 12.1 Å². The van der Waals surface area contributed by atoms with Crippen LogP contribution in [0, 0.1) is 0 Å². The number of hydrogen-bond donors (Lipinski definition) is 2. The summed E-state index contributed by atoms with van der Waals surface area (Å²) in [5.41, 5.74) is 0. The van der Waals surface area contributed by atoms with Crippen molar-refractivity contribution in [2.24, 2.45) is 0 Å². The zero-order valence-electron chi connectivity index (χ0n) is 7.48. The normalized spacial score (nSPS) is 10.2. The van der Waals surface area contributed by atoms with E-state index in [1.54, 1.807) is 12.1 Å². The summed E-state index contributed by atoms with van der Waals surface area (Å²) in [6.45, 7) is 0. The maximum Gasteiger partial charge on any atom is 0.328 e. The summed E-state index contributed by atoms with van der Waals surface area (Å²) >= 11 is 3.21. The molecular weight excluding hydrogens is 264 g/mol. The first-order chi connectivity index (χ1) is 7.08. The van der Waals surface area contributed by atoms with Crippen molar-refractivity contribution in [1.29, 1.82) is 0 Å². The van der Waals surface area contributed by atoms with Crippen LogP contribution in [0.5, 0.6) is 0 Å². The number of nitrogens with zero attached hydrogens (tertiary/aromatic N) is 1. The van der Waals surface area contributed by atoms with Gasteiger partial charge in [-0.25, -0.2) is 9.78 Å². The van der Waals surface area contributed by atoms with Crippen LogP contribution in [0.15, 0.2) is 35.0 Å². The van der Waals surface area contributed by atoms with E-state index in [0.29, 0.717) is 5.82 Å². The van der Waals surface area contributed by atoms with E-state index in [1.165, 1.54) is 6.20 Å². The molecule has 1 aromatic heterocycles. The molecule has 0 saturated heterocycles. The molecule has 1 rings (SSSR count). The molecule has 1 amide bonds. The Morgan fingerprint density at radius 1 is 1.47 bits per heavy atom.